The van der Waals surface area contributed by atoms with Gasteiger partial charge in [0, 0.05) is 29.9 Å². The molecule has 1 aromatic heterocycles. The second-order valence-corrected chi connectivity index (χ2v) is 5.03. The number of carboxylic acids is 1. The van der Waals surface area contributed by atoms with Gasteiger partial charge in [-0.3, -0.25) is 4.79 Å². The molecule has 0 saturated carbocycles. The molecule has 1 aromatic carbocycles. The number of carbonyl (C=O) groups is 1. The van der Waals surface area contributed by atoms with E-state index in [0.29, 0.717) is 11.4 Å². The van der Waals surface area contributed by atoms with Gasteiger partial charge in [0.2, 0.25) is 0 Å². The highest BCUT2D eigenvalue weighted by Crippen LogP contribution is 2.25. The number of hydrogen-bond acceptors (Lipinski definition) is 3. The molecule has 6 heteroatoms. The topological polar surface area (TPSA) is 67.2 Å². The van der Waals surface area contributed by atoms with Gasteiger partial charge in [0.1, 0.15) is 0 Å². The van der Waals surface area contributed by atoms with E-state index < -0.39 is 5.97 Å². The van der Waals surface area contributed by atoms with E-state index in [4.69, 9.17) is 16.7 Å². The first-order chi connectivity index (χ1) is 9.56. The fourth-order valence-electron chi connectivity index (χ4n) is 1.91. The number of nitrogens with zero attached hydrogens (tertiary/aromatic N) is 2. The summed E-state index contributed by atoms with van der Waals surface area (Å²) >= 11 is 6.03. The van der Waals surface area contributed by atoms with E-state index in [9.17, 15) is 4.79 Å². The van der Waals surface area contributed by atoms with Crippen LogP contribution in [0.1, 0.15) is 19.8 Å². The highest BCUT2D eigenvalue weighted by Gasteiger charge is 2.10. The Morgan fingerprint density at radius 2 is 2.35 bits per heavy atom. The molecule has 0 aliphatic rings. The van der Waals surface area contributed by atoms with E-state index in [-0.39, 0.29) is 12.5 Å². The molecule has 20 heavy (non-hydrogen) atoms. The quantitative estimate of drug-likeness (QED) is 0.858. The van der Waals surface area contributed by atoms with Crippen LogP contribution in [0.2, 0.25) is 5.02 Å². The van der Waals surface area contributed by atoms with Crippen LogP contribution < -0.4 is 5.32 Å². The number of halogens is 1. The van der Waals surface area contributed by atoms with Crippen molar-refractivity contribution < 1.29 is 9.90 Å². The Morgan fingerprint density at radius 1 is 1.55 bits per heavy atom. The lowest BCUT2D eigenvalue weighted by Crippen LogP contribution is -2.18. The van der Waals surface area contributed by atoms with Crippen molar-refractivity contribution in [3.8, 4) is 5.69 Å². The van der Waals surface area contributed by atoms with Crippen LogP contribution in [-0.4, -0.2) is 26.9 Å². The largest absolute Gasteiger partial charge is 0.481 e. The molecule has 0 aliphatic heterocycles. The lowest BCUT2D eigenvalue weighted by atomic mass is 10.1. The standard InChI is InChI=1S/C14H16ClN3O2/c1-10(3-6-14(19)20)17-12-9-11(15)4-5-13(12)18-8-2-7-16-18/h2,4-5,7-10,17H,3,6H2,1H3,(H,19,20). The summed E-state index contributed by atoms with van der Waals surface area (Å²) in [6.07, 6.45) is 4.22. The number of carboxylic acid groups (broad SMARTS) is 1. The molecule has 0 fully saturated rings. The van der Waals surface area contributed by atoms with E-state index in [1.165, 1.54) is 0 Å². The normalized spacial score (nSPS) is 12.1. The van der Waals surface area contributed by atoms with Gasteiger partial charge in [-0.2, -0.15) is 5.10 Å². The van der Waals surface area contributed by atoms with Crippen LogP contribution in [-0.2, 0) is 4.79 Å². The number of aliphatic carboxylic acids is 1. The number of rotatable bonds is 6. The summed E-state index contributed by atoms with van der Waals surface area (Å²) in [5.74, 6) is -0.794. The van der Waals surface area contributed by atoms with Gasteiger partial charge < -0.3 is 10.4 Å². The van der Waals surface area contributed by atoms with E-state index >= 15 is 0 Å². The molecule has 1 heterocycles. The van der Waals surface area contributed by atoms with Crippen molar-refractivity contribution in [1.29, 1.82) is 0 Å². The minimum absolute atomic E-state index is 0.0267. The Labute approximate surface area is 122 Å². The van der Waals surface area contributed by atoms with E-state index in [1.54, 1.807) is 16.9 Å². The first kappa shape index (κ1) is 14.4. The molecule has 0 aliphatic carbocycles. The highest BCUT2D eigenvalue weighted by atomic mass is 35.5. The summed E-state index contributed by atoms with van der Waals surface area (Å²) in [5, 5.41) is 16.8. The van der Waals surface area contributed by atoms with Gasteiger partial charge in [0.15, 0.2) is 0 Å². The van der Waals surface area contributed by atoms with Gasteiger partial charge in [0.05, 0.1) is 11.4 Å². The van der Waals surface area contributed by atoms with Crippen LogP contribution in [0.3, 0.4) is 0 Å². The van der Waals surface area contributed by atoms with Crippen LogP contribution in [0.4, 0.5) is 5.69 Å². The fraction of sp³-hybridized carbons (Fsp3) is 0.286. The molecule has 0 amide bonds. The molecule has 2 aromatic rings. The summed E-state index contributed by atoms with van der Waals surface area (Å²) in [4.78, 5) is 10.6. The minimum atomic E-state index is -0.794. The lowest BCUT2D eigenvalue weighted by Gasteiger charge is -2.18. The molecule has 0 saturated heterocycles. The monoisotopic (exact) mass is 293 g/mol. The third-order valence-electron chi connectivity index (χ3n) is 2.90. The third kappa shape index (κ3) is 3.74. The first-order valence-corrected chi connectivity index (χ1v) is 6.72. The van der Waals surface area contributed by atoms with Crippen molar-refractivity contribution in [2.75, 3.05) is 5.32 Å². The van der Waals surface area contributed by atoms with Crippen LogP contribution >= 0.6 is 11.6 Å². The molecule has 0 spiro atoms. The Bertz CT molecular complexity index is 584. The van der Waals surface area contributed by atoms with Gasteiger partial charge in [-0.25, -0.2) is 4.68 Å². The molecule has 0 bridgehead atoms. The molecular formula is C14H16ClN3O2. The average Bonchev–Trinajstić information content (AvgIpc) is 2.90. The van der Waals surface area contributed by atoms with Gasteiger partial charge in [-0.15, -0.1) is 0 Å². The first-order valence-electron chi connectivity index (χ1n) is 6.34. The average molecular weight is 294 g/mol. The van der Waals surface area contributed by atoms with Crippen molar-refractivity contribution in [2.24, 2.45) is 0 Å². The van der Waals surface area contributed by atoms with Crippen LogP contribution in [0.5, 0.6) is 0 Å². The summed E-state index contributed by atoms with van der Waals surface area (Å²) in [6.45, 7) is 1.94. The Hall–Kier alpha value is -2.01. The zero-order valence-electron chi connectivity index (χ0n) is 11.1. The van der Waals surface area contributed by atoms with E-state index in [1.807, 2.05) is 31.3 Å². The van der Waals surface area contributed by atoms with Crippen molar-refractivity contribution in [3.05, 3.63) is 41.7 Å². The van der Waals surface area contributed by atoms with Crippen molar-refractivity contribution in [1.82, 2.24) is 9.78 Å². The molecule has 1 unspecified atom stereocenters. The van der Waals surface area contributed by atoms with Crippen LogP contribution in [0.25, 0.3) is 5.69 Å². The van der Waals surface area contributed by atoms with E-state index in [0.717, 1.165) is 11.4 Å². The minimum Gasteiger partial charge on any atom is -0.481 e. The number of nitrogens with one attached hydrogen (secondary N) is 1. The van der Waals surface area contributed by atoms with Gasteiger partial charge in [-0.1, -0.05) is 11.6 Å². The summed E-state index contributed by atoms with van der Waals surface area (Å²) in [6, 6.07) is 7.36. The summed E-state index contributed by atoms with van der Waals surface area (Å²) in [5.41, 5.74) is 1.71. The second kappa shape index (κ2) is 6.43. The zero-order valence-corrected chi connectivity index (χ0v) is 11.8. The number of anilines is 1. The smallest absolute Gasteiger partial charge is 0.303 e. The summed E-state index contributed by atoms with van der Waals surface area (Å²) < 4.78 is 1.74. The van der Waals surface area contributed by atoms with Gasteiger partial charge >= 0.3 is 5.97 Å². The van der Waals surface area contributed by atoms with Gasteiger partial charge in [-0.05, 0) is 37.6 Å². The maximum Gasteiger partial charge on any atom is 0.303 e. The molecular weight excluding hydrogens is 278 g/mol. The maximum absolute atomic E-state index is 10.6. The number of hydrogen-bond donors (Lipinski definition) is 2. The fourth-order valence-corrected chi connectivity index (χ4v) is 2.08. The number of benzene rings is 1. The molecule has 1 atom stereocenters. The maximum atomic E-state index is 10.6. The Kier molecular flexibility index (Phi) is 4.63. The second-order valence-electron chi connectivity index (χ2n) is 4.59. The van der Waals surface area contributed by atoms with Gasteiger partial charge in [0.25, 0.3) is 0 Å². The van der Waals surface area contributed by atoms with Crippen molar-refractivity contribution >= 4 is 23.3 Å². The molecule has 106 valence electrons. The SMILES string of the molecule is CC(CCC(=O)O)Nc1cc(Cl)ccc1-n1cccn1. The predicted molar refractivity (Wildman–Crippen MR) is 78.5 cm³/mol. The predicted octanol–water partition coefficient (Wildman–Crippen LogP) is 3.19. The molecule has 2 N–H and O–H groups in total. The molecule has 5 nitrogen and oxygen atoms in total. The zero-order chi connectivity index (χ0) is 14.5. The Morgan fingerprint density at radius 3 is 3.00 bits per heavy atom. The Balaban J connectivity index is 2.17. The van der Waals surface area contributed by atoms with Crippen LogP contribution in [0, 0.1) is 0 Å². The molecule has 0 radical (unpaired) electrons. The van der Waals surface area contributed by atoms with E-state index in [2.05, 4.69) is 10.4 Å². The van der Waals surface area contributed by atoms with Crippen molar-refractivity contribution in [3.63, 3.8) is 0 Å². The lowest BCUT2D eigenvalue weighted by molar-refractivity contribution is -0.137. The van der Waals surface area contributed by atoms with Crippen molar-refractivity contribution in [2.45, 2.75) is 25.8 Å². The van der Waals surface area contributed by atoms with Crippen LogP contribution in [0.15, 0.2) is 36.7 Å². The number of aromatic nitrogens is 2. The highest BCUT2D eigenvalue weighted by molar-refractivity contribution is 6.31. The third-order valence-corrected chi connectivity index (χ3v) is 3.14. The molecule has 2 rings (SSSR count). The summed E-state index contributed by atoms with van der Waals surface area (Å²) in [7, 11) is 0.